The Hall–Kier alpha value is -1.03. The van der Waals surface area contributed by atoms with Gasteiger partial charge in [-0.15, -0.1) is 0 Å². The van der Waals surface area contributed by atoms with Gasteiger partial charge < -0.3 is 8.98 Å². The summed E-state index contributed by atoms with van der Waals surface area (Å²) in [6.45, 7) is 1.96. The summed E-state index contributed by atoms with van der Waals surface area (Å²) in [5.74, 6) is 1.79. The predicted molar refractivity (Wildman–Crippen MR) is 53.3 cm³/mol. The van der Waals surface area contributed by atoms with Crippen molar-refractivity contribution in [3.8, 4) is 11.5 Å². The molecular formula is C9H9BrN2O. The molecule has 0 N–H and O–H groups in total. The number of hydrogen-bond acceptors (Lipinski definition) is 2. The SMILES string of the molecule is Cc1nc(Br)c(-c2ccco2)n1C. The van der Waals surface area contributed by atoms with Gasteiger partial charge >= 0.3 is 0 Å². The zero-order valence-corrected chi connectivity index (χ0v) is 9.00. The van der Waals surface area contributed by atoms with Crippen LogP contribution < -0.4 is 0 Å². The van der Waals surface area contributed by atoms with E-state index in [0.29, 0.717) is 0 Å². The van der Waals surface area contributed by atoms with Crippen molar-refractivity contribution in [3.63, 3.8) is 0 Å². The van der Waals surface area contributed by atoms with E-state index in [0.717, 1.165) is 21.9 Å². The van der Waals surface area contributed by atoms with E-state index in [4.69, 9.17) is 4.42 Å². The Labute approximate surface area is 84.5 Å². The minimum atomic E-state index is 0.822. The van der Waals surface area contributed by atoms with E-state index in [-0.39, 0.29) is 0 Å². The Morgan fingerprint density at radius 3 is 2.77 bits per heavy atom. The third kappa shape index (κ3) is 1.31. The maximum atomic E-state index is 5.30. The number of halogens is 1. The summed E-state index contributed by atoms with van der Waals surface area (Å²) in [5, 5.41) is 0. The lowest BCUT2D eigenvalue weighted by atomic mass is 10.3. The molecular weight excluding hydrogens is 232 g/mol. The van der Waals surface area contributed by atoms with Crippen LogP contribution in [0.3, 0.4) is 0 Å². The van der Waals surface area contributed by atoms with Crippen LogP contribution >= 0.6 is 15.9 Å². The smallest absolute Gasteiger partial charge is 0.153 e. The zero-order valence-electron chi connectivity index (χ0n) is 7.41. The van der Waals surface area contributed by atoms with E-state index in [1.165, 1.54) is 0 Å². The molecule has 0 spiro atoms. The van der Waals surface area contributed by atoms with Crippen LogP contribution in [0, 0.1) is 6.92 Å². The van der Waals surface area contributed by atoms with Crippen LogP contribution in [0.1, 0.15) is 5.82 Å². The molecule has 0 saturated carbocycles. The first-order valence-electron chi connectivity index (χ1n) is 3.93. The third-order valence-corrected chi connectivity index (χ3v) is 2.58. The molecule has 13 heavy (non-hydrogen) atoms. The van der Waals surface area contributed by atoms with Gasteiger partial charge in [0, 0.05) is 7.05 Å². The largest absolute Gasteiger partial charge is 0.463 e. The van der Waals surface area contributed by atoms with Crippen molar-refractivity contribution in [2.75, 3.05) is 0 Å². The second-order valence-electron chi connectivity index (χ2n) is 2.83. The number of hydrogen-bond donors (Lipinski definition) is 0. The molecule has 3 nitrogen and oxygen atoms in total. The van der Waals surface area contributed by atoms with Crippen LogP contribution in [-0.4, -0.2) is 9.55 Å². The fraction of sp³-hybridized carbons (Fsp3) is 0.222. The fourth-order valence-corrected chi connectivity index (χ4v) is 1.97. The molecule has 0 aliphatic heterocycles. The molecule has 2 aromatic rings. The highest BCUT2D eigenvalue weighted by Crippen LogP contribution is 2.28. The summed E-state index contributed by atoms with van der Waals surface area (Å²) in [6, 6.07) is 3.78. The van der Waals surface area contributed by atoms with Gasteiger partial charge in [-0.05, 0) is 35.0 Å². The first-order chi connectivity index (χ1) is 6.20. The van der Waals surface area contributed by atoms with Gasteiger partial charge in [0.15, 0.2) is 5.76 Å². The van der Waals surface area contributed by atoms with Crippen LogP contribution in [0.4, 0.5) is 0 Å². The van der Waals surface area contributed by atoms with Crippen molar-refractivity contribution in [1.29, 1.82) is 0 Å². The first kappa shape index (κ1) is 8.56. The van der Waals surface area contributed by atoms with E-state index in [2.05, 4.69) is 20.9 Å². The Morgan fingerprint density at radius 1 is 1.54 bits per heavy atom. The van der Waals surface area contributed by atoms with E-state index < -0.39 is 0 Å². The van der Waals surface area contributed by atoms with Crippen molar-refractivity contribution in [2.45, 2.75) is 6.92 Å². The van der Waals surface area contributed by atoms with Crippen LogP contribution in [0.25, 0.3) is 11.5 Å². The molecule has 0 amide bonds. The minimum Gasteiger partial charge on any atom is -0.463 e. The molecule has 0 unspecified atom stereocenters. The lowest BCUT2D eigenvalue weighted by Gasteiger charge is -1.99. The van der Waals surface area contributed by atoms with Gasteiger partial charge in [-0.2, -0.15) is 0 Å². The minimum absolute atomic E-state index is 0.822. The summed E-state index contributed by atoms with van der Waals surface area (Å²) in [5.41, 5.74) is 0.975. The highest BCUT2D eigenvalue weighted by molar-refractivity contribution is 9.10. The van der Waals surface area contributed by atoms with Crippen molar-refractivity contribution < 1.29 is 4.42 Å². The second-order valence-corrected chi connectivity index (χ2v) is 3.59. The van der Waals surface area contributed by atoms with E-state index in [9.17, 15) is 0 Å². The Morgan fingerprint density at radius 2 is 2.31 bits per heavy atom. The summed E-state index contributed by atoms with van der Waals surface area (Å²) in [7, 11) is 1.96. The quantitative estimate of drug-likeness (QED) is 0.768. The van der Waals surface area contributed by atoms with E-state index in [1.807, 2.05) is 30.7 Å². The van der Waals surface area contributed by atoms with Crippen molar-refractivity contribution in [3.05, 3.63) is 28.8 Å². The topological polar surface area (TPSA) is 31.0 Å². The summed E-state index contributed by atoms with van der Waals surface area (Å²) >= 11 is 3.40. The predicted octanol–water partition coefficient (Wildman–Crippen LogP) is 2.75. The van der Waals surface area contributed by atoms with Crippen molar-refractivity contribution in [2.24, 2.45) is 7.05 Å². The standard InChI is InChI=1S/C9H9BrN2O/c1-6-11-9(10)8(12(6)2)7-4-3-5-13-7/h3-5H,1-2H3. The number of furan rings is 1. The molecule has 68 valence electrons. The molecule has 0 bridgehead atoms. The monoisotopic (exact) mass is 240 g/mol. The fourth-order valence-electron chi connectivity index (χ4n) is 1.25. The molecule has 4 heteroatoms. The number of nitrogens with zero attached hydrogens (tertiary/aromatic N) is 2. The van der Waals surface area contributed by atoms with E-state index >= 15 is 0 Å². The van der Waals surface area contributed by atoms with E-state index in [1.54, 1.807) is 6.26 Å². The van der Waals surface area contributed by atoms with Crippen LogP contribution in [0.2, 0.25) is 0 Å². The Balaban J connectivity index is 2.64. The first-order valence-corrected chi connectivity index (χ1v) is 4.72. The van der Waals surface area contributed by atoms with Gasteiger partial charge in [-0.3, -0.25) is 0 Å². The average molecular weight is 241 g/mol. The molecule has 2 aromatic heterocycles. The Bertz CT molecular complexity index is 417. The second kappa shape index (κ2) is 3.03. The highest BCUT2D eigenvalue weighted by atomic mass is 79.9. The van der Waals surface area contributed by atoms with Crippen LogP contribution in [0.5, 0.6) is 0 Å². The van der Waals surface area contributed by atoms with Gasteiger partial charge in [0.2, 0.25) is 0 Å². The van der Waals surface area contributed by atoms with Crippen LogP contribution in [-0.2, 0) is 7.05 Å². The lowest BCUT2D eigenvalue weighted by Crippen LogP contribution is -1.93. The molecule has 0 aliphatic rings. The normalized spacial score (nSPS) is 10.7. The molecule has 0 saturated heterocycles. The number of aromatic nitrogens is 2. The van der Waals surface area contributed by atoms with Crippen molar-refractivity contribution >= 4 is 15.9 Å². The lowest BCUT2D eigenvalue weighted by molar-refractivity contribution is 0.576. The highest BCUT2D eigenvalue weighted by Gasteiger charge is 2.13. The van der Waals surface area contributed by atoms with Gasteiger partial charge in [0.05, 0.1) is 6.26 Å². The zero-order chi connectivity index (χ0) is 9.42. The maximum absolute atomic E-state index is 5.30. The maximum Gasteiger partial charge on any atom is 0.153 e. The molecule has 0 atom stereocenters. The van der Waals surface area contributed by atoms with Gasteiger partial charge in [-0.25, -0.2) is 4.98 Å². The molecule has 0 aliphatic carbocycles. The van der Waals surface area contributed by atoms with Gasteiger partial charge in [0.25, 0.3) is 0 Å². The molecule has 0 fully saturated rings. The Kier molecular flexibility index (Phi) is 2.00. The van der Waals surface area contributed by atoms with Gasteiger partial charge in [0.1, 0.15) is 16.1 Å². The number of aryl methyl sites for hydroxylation is 1. The molecule has 2 heterocycles. The summed E-state index contributed by atoms with van der Waals surface area (Å²) < 4.78 is 8.11. The van der Waals surface area contributed by atoms with Gasteiger partial charge in [-0.1, -0.05) is 0 Å². The molecule has 0 aromatic carbocycles. The molecule has 2 rings (SSSR count). The number of imidazole rings is 1. The van der Waals surface area contributed by atoms with Crippen molar-refractivity contribution in [1.82, 2.24) is 9.55 Å². The molecule has 0 radical (unpaired) electrons. The average Bonchev–Trinajstić information content (AvgIpc) is 2.63. The van der Waals surface area contributed by atoms with Crippen LogP contribution in [0.15, 0.2) is 27.4 Å². The summed E-state index contributed by atoms with van der Waals surface area (Å²) in [6.07, 6.45) is 1.66. The summed E-state index contributed by atoms with van der Waals surface area (Å²) in [4.78, 5) is 4.29. The number of rotatable bonds is 1. The third-order valence-electron chi connectivity index (χ3n) is 2.03.